The molecule has 0 saturated carbocycles. The van der Waals surface area contributed by atoms with E-state index < -0.39 is 5.60 Å². The van der Waals surface area contributed by atoms with Crippen molar-refractivity contribution in [3.8, 4) is 0 Å². The molecule has 1 aromatic carbocycles. The van der Waals surface area contributed by atoms with Crippen LogP contribution in [0.25, 0.3) is 0 Å². The van der Waals surface area contributed by atoms with Crippen molar-refractivity contribution in [2.45, 2.75) is 51.5 Å². The highest BCUT2D eigenvalue weighted by Gasteiger charge is 2.42. The highest BCUT2D eigenvalue weighted by molar-refractivity contribution is 5.69. The Balaban J connectivity index is 1.83. The van der Waals surface area contributed by atoms with Gasteiger partial charge in [-0.1, -0.05) is 24.3 Å². The number of carbonyl (C=O) groups excluding carboxylic acids is 1. The van der Waals surface area contributed by atoms with Crippen molar-refractivity contribution in [2.24, 2.45) is 0 Å². The summed E-state index contributed by atoms with van der Waals surface area (Å²) >= 11 is 0. The molecule has 20 heavy (non-hydrogen) atoms. The first-order valence-electron chi connectivity index (χ1n) is 7.12. The highest BCUT2D eigenvalue weighted by Crippen LogP contribution is 2.31. The van der Waals surface area contributed by atoms with Crippen molar-refractivity contribution in [2.75, 3.05) is 6.61 Å². The van der Waals surface area contributed by atoms with Crippen LogP contribution in [0, 0.1) is 0 Å². The Labute approximate surface area is 119 Å². The van der Waals surface area contributed by atoms with E-state index in [0.29, 0.717) is 6.54 Å². The van der Waals surface area contributed by atoms with Gasteiger partial charge in [-0.05, 0) is 38.3 Å². The highest BCUT2D eigenvalue weighted by atomic mass is 16.6. The Morgan fingerprint density at radius 3 is 2.55 bits per heavy atom. The zero-order valence-electron chi connectivity index (χ0n) is 12.3. The zero-order valence-corrected chi connectivity index (χ0v) is 12.3. The Kier molecular flexibility index (Phi) is 3.21. The molecule has 0 spiro atoms. The van der Waals surface area contributed by atoms with E-state index in [2.05, 4.69) is 12.1 Å². The van der Waals surface area contributed by atoms with Crippen LogP contribution < -0.4 is 0 Å². The summed E-state index contributed by atoms with van der Waals surface area (Å²) in [6.07, 6.45) is 0.767. The summed E-state index contributed by atoms with van der Waals surface area (Å²) in [5, 5.41) is 0. The number of amides is 1. The number of ether oxygens (including phenoxy) is 2. The molecule has 1 amide bonds. The maximum absolute atomic E-state index is 12.4. The molecule has 2 atom stereocenters. The summed E-state index contributed by atoms with van der Waals surface area (Å²) in [6, 6.07) is 8.38. The average Bonchev–Trinajstić information content (AvgIpc) is 3.19. The van der Waals surface area contributed by atoms with Crippen LogP contribution in [0.1, 0.15) is 31.9 Å². The molecular formula is C16H21NO3. The van der Waals surface area contributed by atoms with Gasteiger partial charge >= 0.3 is 6.09 Å². The van der Waals surface area contributed by atoms with Gasteiger partial charge in [-0.2, -0.15) is 0 Å². The number of hydrogen-bond acceptors (Lipinski definition) is 3. The average molecular weight is 275 g/mol. The molecule has 0 radical (unpaired) electrons. The third kappa shape index (κ3) is 2.80. The molecule has 0 N–H and O–H groups in total. The Morgan fingerprint density at radius 1 is 1.30 bits per heavy atom. The first-order valence-corrected chi connectivity index (χ1v) is 7.12. The minimum atomic E-state index is -0.469. The molecule has 0 aromatic heterocycles. The molecule has 0 aliphatic carbocycles. The third-order valence-electron chi connectivity index (χ3n) is 3.70. The summed E-state index contributed by atoms with van der Waals surface area (Å²) in [6.45, 7) is 7.03. The van der Waals surface area contributed by atoms with Gasteiger partial charge in [0.25, 0.3) is 0 Å². The van der Waals surface area contributed by atoms with Gasteiger partial charge in [-0.3, -0.25) is 4.90 Å². The van der Waals surface area contributed by atoms with Crippen LogP contribution >= 0.6 is 0 Å². The lowest BCUT2D eigenvalue weighted by Gasteiger charge is -2.37. The minimum Gasteiger partial charge on any atom is -0.444 e. The monoisotopic (exact) mass is 275 g/mol. The second kappa shape index (κ2) is 4.77. The first-order chi connectivity index (χ1) is 9.44. The summed E-state index contributed by atoms with van der Waals surface area (Å²) in [7, 11) is 0. The lowest BCUT2D eigenvalue weighted by atomic mass is 9.93. The Hall–Kier alpha value is -1.55. The Bertz CT molecular complexity index is 517. The molecule has 108 valence electrons. The molecule has 1 fully saturated rings. The van der Waals surface area contributed by atoms with E-state index in [9.17, 15) is 4.79 Å². The molecule has 3 rings (SSSR count). The van der Waals surface area contributed by atoms with E-state index >= 15 is 0 Å². The number of fused-ring (bicyclic) bond motifs is 1. The van der Waals surface area contributed by atoms with Gasteiger partial charge in [0.15, 0.2) is 0 Å². The van der Waals surface area contributed by atoms with Gasteiger partial charge in [-0.25, -0.2) is 4.79 Å². The Morgan fingerprint density at radius 2 is 1.95 bits per heavy atom. The summed E-state index contributed by atoms with van der Waals surface area (Å²) in [5.74, 6) is 0. The van der Waals surface area contributed by atoms with E-state index in [0.717, 1.165) is 13.0 Å². The van der Waals surface area contributed by atoms with Crippen molar-refractivity contribution in [3.05, 3.63) is 35.4 Å². The second-order valence-corrected chi connectivity index (χ2v) is 6.52. The van der Waals surface area contributed by atoms with Crippen LogP contribution in [0.2, 0.25) is 0 Å². The van der Waals surface area contributed by atoms with E-state index in [-0.39, 0.29) is 18.2 Å². The SMILES string of the molecule is CC(C)(C)OC(=O)N1Cc2ccccc2CC1C1CO1. The molecule has 1 saturated heterocycles. The maximum atomic E-state index is 12.4. The largest absolute Gasteiger partial charge is 0.444 e. The van der Waals surface area contributed by atoms with Crippen LogP contribution in [0.5, 0.6) is 0 Å². The molecule has 4 heteroatoms. The van der Waals surface area contributed by atoms with Crippen molar-refractivity contribution in [1.82, 2.24) is 4.90 Å². The lowest BCUT2D eigenvalue weighted by Crippen LogP contribution is -2.49. The van der Waals surface area contributed by atoms with Crippen LogP contribution in [-0.2, 0) is 22.4 Å². The number of carbonyl (C=O) groups is 1. The number of nitrogens with zero attached hydrogens (tertiary/aromatic N) is 1. The fraction of sp³-hybridized carbons (Fsp3) is 0.562. The van der Waals surface area contributed by atoms with Gasteiger partial charge in [0.1, 0.15) is 11.7 Å². The van der Waals surface area contributed by atoms with E-state index in [1.54, 1.807) is 0 Å². The minimum absolute atomic E-state index is 0.0970. The summed E-state index contributed by atoms with van der Waals surface area (Å²) in [4.78, 5) is 14.2. The van der Waals surface area contributed by atoms with Crippen molar-refractivity contribution in [1.29, 1.82) is 0 Å². The van der Waals surface area contributed by atoms with Gasteiger partial charge in [0.2, 0.25) is 0 Å². The molecule has 2 unspecified atom stereocenters. The number of benzene rings is 1. The number of hydrogen-bond donors (Lipinski definition) is 0. The zero-order chi connectivity index (χ0) is 14.3. The maximum Gasteiger partial charge on any atom is 0.410 e. The third-order valence-corrected chi connectivity index (χ3v) is 3.70. The van der Waals surface area contributed by atoms with Crippen LogP contribution in [0.15, 0.2) is 24.3 Å². The summed E-state index contributed by atoms with van der Waals surface area (Å²) < 4.78 is 11.0. The quantitative estimate of drug-likeness (QED) is 0.740. The van der Waals surface area contributed by atoms with E-state index in [1.807, 2.05) is 37.8 Å². The van der Waals surface area contributed by atoms with Crippen molar-refractivity contribution < 1.29 is 14.3 Å². The van der Waals surface area contributed by atoms with E-state index in [4.69, 9.17) is 9.47 Å². The molecule has 2 aliphatic rings. The van der Waals surface area contributed by atoms with Gasteiger partial charge in [0, 0.05) is 6.54 Å². The number of rotatable bonds is 1. The van der Waals surface area contributed by atoms with Gasteiger partial charge in [0.05, 0.1) is 12.6 Å². The fourth-order valence-corrected chi connectivity index (χ4v) is 2.68. The van der Waals surface area contributed by atoms with Gasteiger partial charge in [-0.15, -0.1) is 0 Å². The molecular weight excluding hydrogens is 254 g/mol. The van der Waals surface area contributed by atoms with E-state index in [1.165, 1.54) is 11.1 Å². The molecule has 2 heterocycles. The lowest BCUT2D eigenvalue weighted by molar-refractivity contribution is 0.00863. The van der Waals surface area contributed by atoms with Crippen LogP contribution in [0.3, 0.4) is 0 Å². The normalized spacial score (nSPS) is 25.1. The molecule has 1 aromatic rings. The molecule has 4 nitrogen and oxygen atoms in total. The number of epoxide rings is 1. The topological polar surface area (TPSA) is 42.1 Å². The second-order valence-electron chi connectivity index (χ2n) is 6.52. The predicted molar refractivity (Wildman–Crippen MR) is 75.5 cm³/mol. The van der Waals surface area contributed by atoms with Crippen molar-refractivity contribution in [3.63, 3.8) is 0 Å². The van der Waals surface area contributed by atoms with Gasteiger partial charge < -0.3 is 9.47 Å². The predicted octanol–water partition coefficient (Wildman–Crippen LogP) is 2.75. The van der Waals surface area contributed by atoms with Crippen LogP contribution in [0.4, 0.5) is 4.79 Å². The standard InChI is InChI=1S/C16H21NO3/c1-16(2,3)20-15(18)17-9-12-7-5-4-6-11(12)8-13(17)14-10-19-14/h4-7,13-14H,8-10H2,1-3H3. The molecule has 0 bridgehead atoms. The fourth-order valence-electron chi connectivity index (χ4n) is 2.68. The first kappa shape index (κ1) is 13.4. The molecule has 2 aliphatic heterocycles. The summed E-state index contributed by atoms with van der Waals surface area (Å²) in [5.41, 5.74) is 2.05. The van der Waals surface area contributed by atoms with Crippen molar-refractivity contribution >= 4 is 6.09 Å². The van der Waals surface area contributed by atoms with Crippen LogP contribution in [-0.4, -0.2) is 35.3 Å². The smallest absolute Gasteiger partial charge is 0.410 e.